The van der Waals surface area contributed by atoms with Gasteiger partial charge in [-0.2, -0.15) is 0 Å². The molecule has 1 aliphatic rings. The van der Waals surface area contributed by atoms with E-state index in [0.717, 1.165) is 24.8 Å². The summed E-state index contributed by atoms with van der Waals surface area (Å²) in [5, 5.41) is 2.35. The minimum Gasteiger partial charge on any atom is -0.379 e. The molecule has 1 N–H and O–H groups in total. The topological polar surface area (TPSA) is 38.3 Å². The number of rotatable bonds is 4. The lowest BCUT2D eigenvalue weighted by Gasteiger charge is -2.21. The molecule has 1 amide bonds. The van der Waals surface area contributed by atoms with E-state index >= 15 is 0 Å². The van der Waals surface area contributed by atoms with E-state index in [9.17, 15) is 4.79 Å². The van der Waals surface area contributed by atoms with E-state index in [4.69, 9.17) is 16.3 Å². The van der Waals surface area contributed by atoms with Crippen LogP contribution >= 0.6 is 11.6 Å². The zero-order chi connectivity index (χ0) is 13.0. The summed E-state index contributed by atoms with van der Waals surface area (Å²) in [5.41, 5.74) is 0.823. The van der Waals surface area contributed by atoms with Crippen molar-refractivity contribution in [3.8, 4) is 0 Å². The van der Waals surface area contributed by atoms with Crippen molar-refractivity contribution in [3.05, 3.63) is 35.9 Å². The molecule has 0 spiro atoms. The summed E-state index contributed by atoms with van der Waals surface area (Å²) in [5.74, 6) is -0.142. The third kappa shape index (κ3) is 3.03. The standard InChI is InChI=1S/C14H18ClNO2/c1-18-12-9-5-8-11(12)16-14(17)13(15)10-6-3-2-4-7-10/h2-4,6-7,11-13H,5,8-9H2,1H3,(H,16,17). The lowest BCUT2D eigenvalue weighted by molar-refractivity contribution is -0.122. The minimum absolute atomic E-state index is 0.0902. The highest BCUT2D eigenvalue weighted by atomic mass is 35.5. The van der Waals surface area contributed by atoms with Crippen LogP contribution in [-0.2, 0) is 9.53 Å². The third-order valence-electron chi connectivity index (χ3n) is 3.41. The van der Waals surface area contributed by atoms with Gasteiger partial charge in [0.2, 0.25) is 5.91 Å². The molecule has 1 aliphatic carbocycles. The van der Waals surface area contributed by atoms with E-state index in [-0.39, 0.29) is 18.1 Å². The number of amides is 1. The van der Waals surface area contributed by atoms with E-state index < -0.39 is 5.38 Å². The summed E-state index contributed by atoms with van der Waals surface area (Å²) in [7, 11) is 1.69. The van der Waals surface area contributed by atoms with Crippen LogP contribution in [0.2, 0.25) is 0 Å². The Bertz CT molecular complexity index is 396. The molecule has 3 unspecified atom stereocenters. The van der Waals surface area contributed by atoms with E-state index in [2.05, 4.69) is 5.32 Å². The maximum Gasteiger partial charge on any atom is 0.242 e. The number of alkyl halides is 1. The van der Waals surface area contributed by atoms with Crippen molar-refractivity contribution in [1.29, 1.82) is 0 Å². The van der Waals surface area contributed by atoms with Crippen LogP contribution in [0.4, 0.5) is 0 Å². The lowest BCUT2D eigenvalue weighted by atomic mass is 10.1. The number of nitrogens with one attached hydrogen (secondary N) is 1. The lowest BCUT2D eigenvalue weighted by Crippen LogP contribution is -2.42. The van der Waals surface area contributed by atoms with E-state index in [0.29, 0.717) is 0 Å². The second kappa shape index (κ2) is 6.21. The normalized spacial score (nSPS) is 24.8. The SMILES string of the molecule is COC1CCCC1NC(=O)C(Cl)c1ccccc1. The summed E-state index contributed by atoms with van der Waals surface area (Å²) in [6, 6.07) is 9.48. The minimum atomic E-state index is -0.635. The van der Waals surface area contributed by atoms with Crippen molar-refractivity contribution < 1.29 is 9.53 Å². The molecule has 4 heteroatoms. The quantitative estimate of drug-likeness (QED) is 0.852. The van der Waals surface area contributed by atoms with Crippen molar-refractivity contribution in [2.24, 2.45) is 0 Å². The van der Waals surface area contributed by atoms with Gasteiger partial charge in [0.15, 0.2) is 0 Å². The molecule has 0 radical (unpaired) electrons. The van der Waals surface area contributed by atoms with Crippen molar-refractivity contribution in [3.63, 3.8) is 0 Å². The van der Waals surface area contributed by atoms with Crippen LogP contribution in [0.1, 0.15) is 30.2 Å². The number of ether oxygens (including phenoxy) is 1. The van der Waals surface area contributed by atoms with E-state index in [1.165, 1.54) is 0 Å². The van der Waals surface area contributed by atoms with Crippen LogP contribution in [0.15, 0.2) is 30.3 Å². The van der Waals surface area contributed by atoms with Crippen molar-refractivity contribution in [1.82, 2.24) is 5.32 Å². The number of methoxy groups -OCH3 is 1. The fourth-order valence-electron chi connectivity index (χ4n) is 2.40. The maximum absolute atomic E-state index is 12.1. The Kier molecular flexibility index (Phi) is 4.61. The van der Waals surface area contributed by atoms with Gasteiger partial charge in [-0.15, -0.1) is 11.6 Å². The first-order chi connectivity index (χ1) is 8.72. The molecule has 0 aromatic heterocycles. The zero-order valence-electron chi connectivity index (χ0n) is 10.4. The van der Waals surface area contributed by atoms with Gasteiger partial charge in [0, 0.05) is 7.11 Å². The number of carbonyl (C=O) groups excluding carboxylic acids is 1. The van der Waals surface area contributed by atoms with Gasteiger partial charge >= 0.3 is 0 Å². The smallest absolute Gasteiger partial charge is 0.242 e. The Labute approximate surface area is 112 Å². The Balaban J connectivity index is 1.95. The Morgan fingerprint density at radius 3 is 2.78 bits per heavy atom. The van der Waals surface area contributed by atoms with Crippen molar-refractivity contribution in [2.75, 3.05) is 7.11 Å². The van der Waals surface area contributed by atoms with Gasteiger partial charge in [-0.1, -0.05) is 30.3 Å². The monoisotopic (exact) mass is 267 g/mol. The summed E-state index contributed by atoms with van der Waals surface area (Å²) >= 11 is 6.17. The Hall–Kier alpha value is -1.06. The molecular formula is C14H18ClNO2. The molecule has 2 rings (SSSR count). The summed E-state index contributed by atoms with van der Waals surface area (Å²) in [6.45, 7) is 0. The van der Waals surface area contributed by atoms with Crippen LogP contribution < -0.4 is 5.32 Å². The van der Waals surface area contributed by atoms with Gasteiger partial charge in [0.05, 0.1) is 12.1 Å². The first-order valence-corrected chi connectivity index (χ1v) is 6.68. The third-order valence-corrected chi connectivity index (χ3v) is 3.86. The van der Waals surface area contributed by atoms with Gasteiger partial charge in [-0.3, -0.25) is 4.79 Å². The fourth-order valence-corrected chi connectivity index (χ4v) is 2.61. The molecule has 1 saturated carbocycles. The molecule has 0 bridgehead atoms. The molecular weight excluding hydrogens is 250 g/mol. The largest absolute Gasteiger partial charge is 0.379 e. The average Bonchev–Trinajstić information content (AvgIpc) is 2.86. The van der Waals surface area contributed by atoms with Gasteiger partial charge in [-0.25, -0.2) is 0 Å². The second-order valence-corrected chi connectivity index (χ2v) is 5.03. The molecule has 3 nitrogen and oxygen atoms in total. The maximum atomic E-state index is 12.1. The number of hydrogen-bond acceptors (Lipinski definition) is 2. The summed E-state index contributed by atoms with van der Waals surface area (Å²) in [4.78, 5) is 12.1. The molecule has 98 valence electrons. The van der Waals surface area contributed by atoms with Crippen molar-refractivity contribution in [2.45, 2.75) is 36.8 Å². The van der Waals surface area contributed by atoms with Crippen LogP contribution in [-0.4, -0.2) is 25.2 Å². The molecule has 0 aliphatic heterocycles. The molecule has 3 atom stereocenters. The number of hydrogen-bond donors (Lipinski definition) is 1. The molecule has 0 heterocycles. The number of benzene rings is 1. The van der Waals surface area contributed by atoms with Crippen LogP contribution in [0.5, 0.6) is 0 Å². The molecule has 18 heavy (non-hydrogen) atoms. The van der Waals surface area contributed by atoms with Gasteiger partial charge < -0.3 is 10.1 Å². The predicted octanol–water partition coefficient (Wildman–Crippen LogP) is 2.65. The zero-order valence-corrected chi connectivity index (χ0v) is 11.2. The molecule has 1 aromatic rings. The van der Waals surface area contributed by atoms with Crippen LogP contribution in [0, 0.1) is 0 Å². The second-order valence-electron chi connectivity index (χ2n) is 4.59. The Morgan fingerprint density at radius 2 is 2.11 bits per heavy atom. The average molecular weight is 268 g/mol. The van der Waals surface area contributed by atoms with E-state index in [1.54, 1.807) is 7.11 Å². The molecule has 0 saturated heterocycles. The summed E-state index contributed by atoms with van der Waals surface area (Å²) in [6.07, 6.45) is 3.16. The van der Waals surface area contributed by atoms with Crippen LogP contribution in [0.3, 0.4) is 0 Å². The first-order valence-electron chi connectivity index (χ1n) is 6.24. The first kappa shape index (κ1) is 13.4. The Morgan fingerprint density at radius 1 is 1.39 bits per heavy atom. The van der Waals surface area contributed by atoms with Gasteiger partial charge in [0.25, 0.3) is 0 Å². The van der Waals surface area contributed by atoms with Crippen molar-refractivity contribution >= 4 is 17.5 Å². The fraction of sp³-hybridized carbons (Fsp3) is 0.500. The molecule has 1 aromatic carbocycles. The van der Waals surface area contributed by atoms with Crippen LogP contribution in [0.25, 0.3) is 0 Å². The highest BCUT2D eigenvalue weighted by Crippen LogP contribution is 2.24. The molecule has 1 fully saturated rings. The summed E-state index contributed by atoms with van der Waals surface area (Å²) < 4.78 is 5.35. The predicted molar refractivity (Wildman–Crippen MR) is 71.6 cm³/mol. The number of carbonyl (C=O) groups is 1. The number of halogens is 1. The van der Waals surface area contributed by atoms with Gasteiger partial charge in [-0.05, 0) is 24.8 Å². The highest BCUT2D eigenvalue weighted by molar-refractivity contribution is 6.30. The van der Waals surface area contributed by atoms with E-state index in [1.807, 2.05) is 30.3 Å². The van der Waals surface area contributed by atoms with Gasteiger partial charge in [0.1, 0.15) is 5.38 Å². The highest BCUT2D eigenvalue weighted by Gasteiger charge is 2.30.